The average Bonchev–Trinajstić information content (AvgIpc) is 2.73. The molecule has 1 N–H and O–H groups in total. The van der Waals surface area contributed by atoms with E-state index in [1.807, 2.05) is 31.2 Å². The summed E-state index contributed by atoms with van der Waals surface area (Å²) in [5, 5.41) is 2.71. The van der Waals surface area contributed by atoms with E-state index in [0.29, 0.717) is 19.6 Å². The maximum atomic E-state index is 12.1. The zero-order valence-electron chi connectivity index (χ0n) is 12.0. The fourth-order valence-electron chi connectivity index (χ4n) is 2.50. The molecule has 0 bridgehead atoms. The Kier molecular flexibility index (Phi) is 5.16. The van der Waals surface area contributed by atoms with Crippen LogP contribution in [0, 0.1) is 6.92 Å². The largest absolute Gasteiger partial charge is 0.344 e. The highest BCUT2D eigenvalue weighted by molar-refractivity contribution is 6.34. The van der Waals surface area contributed by atoms with Crippen molar-refractivity contribution in [1.29, 1.82) is 0 Å². The first-order valence-electron chi connectivity index (χ1n) is 7.29. The van der Waals surface area contributed by atoms with E-state index in [1.54, 1.807) is 4.90 Å². The Balaban J connectivity index is 1.86. The van der Waals surface area contributed by atoms with Crippen molar-refractivity contribution in [2.75, 3.05) is 13.1 Å². The number of aryl methyl sites for hydroxylation is 1. The maximum absolute atomic E-state index is 12.1. The minimum atomic E-state index is -0.492. The number of nitrogens with one attached hydrogen (secondary N) is 1. The molecule has 20 heavy (non-hydrogen) atoms. The molecule has 4 heteroatoms. The van der Waals surface area contributed by atoms with Gasteiger partial charge < -0.3 is 10.2 Å². The third kappa shape index (κ3) is 4.08. The van der Waals surface area contributed by atoms with Gasteiger partial charge >= 0.3 is 11.8 Å². The number of carbonyl (C=O) groups is 2. The van der Waals surface area contributed by atoms with Crippen molar-refractivity contribution in [2.45, 2.75) is 39.2 Å². The summed E-state index contributed by atoms with van der Waals surface area (Å²) in [6, 6.07) is 7.92. The molecule has 1 aliphatic heterocycles. The van der Waals surface area contributed by atoms with Crippen LogP contribution in [0.2, 0.25) is 0 Å². The van der Waals surface area contributed by atoms with Gasteiger partial charge in [0.1, 0.15) is 0 Å². The molecule has 0 saturated carbocycles. The number of rotatable bonds is 2. The van der Waals surface area contributed by atoms with Crippen molar-refractivity contribution < 1.29 is 9.59 Å². The smallest absolute Gasteiger partial charge is 0.311 e. The van der Waals surface area contributed by atoms with Crippen LogP contribution in [-0.2, 0) is 16.1 Å². The standard InChI is InChI=1S/C16H22N2O2/c1-13-7-6-8-14(11-13)12-17-15(19)16(20)18-9-4-2-3-5-10-18/h6-8,11H,2-5,9-10,12H2,1H3,(H,17,19). The number of hydrogen-bond acceptors (Lipinski definition) is 2. The molecule has 0 aromatic heterocycles. The summed E-state index contributed by atoms with van der Waals surface area (Å²) in [5.41, 5.74) is 2.16. The minimum absolute atomic E-state index is 0.389. The molecule has 1 saturated heterocycles. The van der Waals surface area contributed by atoms with E-state index in [0.717, 1.165) is 36.8 Å². The van der Waals surface area contributed by atoms with Crippen LogP contribution in [0.4, 0.5) is 0 Å². The molecule has 1 aromatic carbocycles. The van der Waals surface area contributed by atoms with Crippen LogP contribution in [0.3, 0.4) is 0 Å². The molecule has 1 fully saturated rings. The molecule has 1 heterocycles. The Labute approximate surface area is 120 Å². The molecule has 2 rings (SSSR count). The minimum Gasteiger partial charge on any atom is -0.344 e. The second kappa shape index (κ2) is 7.08. The van der Waals surface area contributed by atoms with Crippen LogP contribution in [-0.4, -0.2) is 29.8 Å². The van der Waals surface area contributed by atoms with Gasteiger partial charge in [-0.05, 0) is 25.3 Å². The van der Waals surface area contributed by atoms with Gasteiger partial charge in [-0.15, -0.1) is 0 Å². The lowest BCUT2D eigenvalue weighted by Gasteiger charge is -2.19. The Bertz CT molecular complexity index is 477. The van der Waals surface area contributed by atoms with E-state index in [1.165, 1.54) is 0 Å². The highest BCUT2D eigenvalue weighted by Gasteiger charge is 2.22. The summed E-state index contributed by atoms with van der Waals surface area (Å²) in [5.74, 6) is -0.882. The topological polar surface area (TPSA) is 49.4 Å². The van der Waals surface area contributed by atoms with Crippen molar-refractivity contribution in [1.82, 2.24) is 10.2 Å². The Morgan fingerprint density at radius 2 is 1.85 bits per heavy atom. The normalized spacial score (nSPS) is 15.6. The van der Waals surface area contributed by atoms with Gasteiger partial charge in [0, 0.05) is 19.6 Å². The quantitative estimate of drug-likeness (QED) is 0.839. The van der Waals surface area contributed by atoms with E-state index in [4.69, 9.17) is 0 Å². The number of hydrogen-bond donors (Lipinski definition) is 1. The summed E-state index contributed by atoms with van der Waals surface area (Å²) in [6.45, 7) is 3.82. The monoisotopic (exact) mass is 274 g/mol. The average molecular weight is 274 g/mol. The van der Waals surface area contributed by atoms with Crippen molar-refractivity contribution in [3.8, 4) is 0 Å². The van der Waals surface area contributed by atoms with E-state index < -0.39 is 5.91 Å². The van der Waals surface area contributed by atoms with Crippen molar-refractivity contribution in [3.05, 3.63) is 35.4 Å². The maximum Gasteiger partial charge on any atom is 0.311 e. The van der Waals surface area contributed by atoms with Crippen LogP contribution < -0.4 is 5.32 Å². The first-order chi connectivity index (χ1) is 9.66. The fraction of sp³-hybridized carbons (Fsp3) is 0.500. The van der Waals surface area contributed by atoms with Crippen LogP contribution >= 0.6 is 0 Å². The Morgan fingerprint density at radius 3 is 2.50 bits per heavy atom. The van der Waals surface area contributed by atoms with Gasteiger partial charge in [0.15, 0.2) is 0 Å². The van der Waals surface area contributed by atoms with E-state index >= 15 is 0 Å². The third-order valence-corrected chi connectivity index (χ3v) is 3.62. The number of amides is 2. The molecule has 0 unspecified atom stereocenters. The third-order valence-electron chi connectivity index (χ3n) is 3.62. The van der Waals surface area contributed by atoms with Gasteiger partial charge in [0.05, 0.1) is 0 Å². The van der Waals surface area contributed by atoms with E-state index in [-0.39, 0.29) is 5.91 Å². The molecule has 0 spiro atoms. The molecule has 108 valence electrons. The van der Waals surface area contributed by atoms with Gasteiger partial charge in [0.2, 0.25) is 0 Å². The first kappa shape index (κ1) is 14.6. The number of benzene rings is 1. The lowest BCUT2D eigenvalue weighted by atomic mass is 10.1. The van der Waals surface area contributed by atoms with Crippen LogP contribution in [0.1, 0.15) is 36.8 Å². The highest BCUT2D eigenvalue weighted by atomic mass is 16.2. The lowest BCUT2D eigenvalue weighted by molar-refractivity contribution is -0.145. The highest BCUT2D eigenvalue weighted by Crippen LogP contribution is 2.10. The number of nitrogens with zero attached hydrogens (tertiary/aromatic N) is 1. The van der Waals surface area contributed by atoms with Crippen molar-refractivity contribution in [3.63, 3.8) is 0 Å². The molecule has 1 aromatic rings. The van der Waals surface area contributed by atoms with Gasteiger partial charge in [-0.2, -0.15) is 0 Å². The predicted octanol–water partition coefficient (Wildman–Crippen LogP) is 2.01. The Morgan fingerprint density at radius 1 is 1.15 bits per heavy atom. The zero-order chi connectivity index (χ0) is 14.4. The van der Waals surface area contributed by atoms with E-state index in [9.17, 15) is 9.59 Å². The summed E-state index contributed by atoms with van der Waals surface area (Å²) in [4.78, 5) is 25.6. The van der Waals surface area contributed by atoms with Crippen molar-refractivity contribution in [2.24, 2.45) is 0 Å². The summed E-state index contributed by atoms with van der Waals surface area (Å²) < 4.78 is 0. The predicted molar refractivity (Wildman–Crippen MR) is 78.1 cm³/mol. The molecular weight excluding hydrogens is 252 g/mol. The molecule has 4 nitrogen and oxygen atoms in total. The molecular formula is C16H22N2O2. The zero-order valence-corrected chi connectivity index (χ0v) is 12.0. The molecule has 0 atom stereocenters. The second-order valence-electron chi connectivity index (χ2n) is 5.38. The number of likely N-dealkylation sites (tertiary alicyclic amines) is 1. The van der Waals surface area contributed by atoms with Gasteiger partial charge in [-0.25, -0.2) is 0 Å². The molecule has 0 radical (unpaired) electrons. The Hall–Kier alpha value is -1.84. The van der Waals surface area contributed by atoms with Crippen LogP contribution in [0.15, 0.2) is 24.3 Å². The van der Waals surface area contributed by atoms with E-state index in [2.05, 4.69) is 5.32 Å². The van der Waals surface area contributed by atoms with Gasteiger partial charge in [0.25, 0.3) is 0 Å². The summed E-state index contributed by atoms with van der Waals surface area (Å²) in [7, 11) is 0. The van der Waals surface area contributed by atoms with Gasteiger partial charge in [-0.3, -0.25) is 9.59 Å². The van der Waals surface area contributed by atoms with Crippen LogP contribution in [0.25, 0.3) is 0 Å². The van der Waals surface area contributed by atoms with Crippen molar-refractivity contribution >= 4 is 11.8 Å². The summed E-state index contributed by atoms with van der Waals surface area (Å²) in [6.07, 6.45) is 4.29. The van der Waals surface area contributed by atoms with Gasteiger partial charge in [-0.1, -0.05) is 42.7 Å². The molecule has 2 amide bonds. The SMILES string of the molecule is Cc1cccc(CNC(=O)C(=O)N2CCCCCC2)c1. The van der Waals surface area contributed by atoms with Crippen LogP contribution in [0.5, 0.6) is 0 Å². The first-order valence-corrected chi connectivity index (χ1v) is 7.29. The molecule has 1 aliphatic rings. The molecule has 0 aliphatic carbocycles. The number of carbonyl (C=O) groups excluding carboxylic acids is 2. The fourth-order valence-corrected chi connectivity index (χ4v) is 2.50. The lowest BCUT2D eigenvalue weighted by Crippen LogP contribution is -2.43. The summed E-state index contributed by atoms with van der Waals surface area (Å²) >= 11 is 0. The second-order valence-corrected chi connectivity index (χ2v) is 5.38.